The van der Waals surface area contributed by atoms with Gasteiger partial charge in [-0.25, -0.2) is 15.0 Å². The highest BCUT2D eigenvalue weighted by atomic mass is 16.6. The van der Waals surface area contributed by atoms with Crippen molar-refractivity contribution >= 4 is 16.6 Å². The quantitative estimate of drug-likeness (QED) is 0.155. The van der Waals surface area contributed by atoms with E-state index in [0.717, 1.165) is 38.8 Å². The summed E-state index contributed by atoms with van der Waals surface area (Å²) in [5, 5.41) is 12.6. The molecule has 0 fully saturated rings. The van der Waals surface area contributed by atoms with Crippen LogP contribution in [0.4, 0.5) is 5.69 Å². The normalized spacial score (nSPS) is 11.0. The number of nitro benzene ring substituents is 1. The van der Waals surface area contributed by atoms with Crippen LogP contribution in [0.3, 0.4) is 0 Å². The molecule has 0 radical (unpaired) electrons. The molecule has 5 aromatic carbocycles. The Kier molecular flexibility index (Phi) is 6.29. The average Bonchev–Trinajstić information content (AvgIpc) is 3.49. The van der Waals surface area contributed by atoms with Gasteiger partial charge in [-0.2, -0.15) is 0 Å². The van der Waals surface area contributed by atoms with Crippen molar-refractivity contribution in [1.82, 2.24) is 19.5 Å². The van der Waals surface area contributed by atoms with E-state index in [9.17, 15) is 10.1 Å². The monoisotopic (exact) mass is 545 g/mol. The van der Waals surface area contributed by atoms with Crippen LogP contribution >= 0.6 is 0 Å². The van der Waals surface area contributed by atoms with Crippen molar-refractivity contribution in [3.63, 3.8) is 0 Å². The molecule has 7 heteroatoms. The Hall–Kier alpha value is -5.95. The van der Waals surface area contributed by atoms with Crippen molar-refractivity contribution in [1.29, 1.82) is 0 Å². The van der Waals surface area contributed by atoms with Gasteiger partial charge in [0.05, 0.1) is 16.0 Å². The standard InChI is InChI=1S/C35H23N5O2/c41-40(42)32-17-8-7-16-30(32)26-18-19-31-27(22-26)20-21-39(31)29-15-9-14-28(23-29)35-37-33(24-10-3-1-4-11-24)36-34(38-35)25-12-5-2-6-13-25/h1-23H. The zero-order valence-electron chi connectivity index (χ0n) is 22.3. The van der Waals surface area contributed by atoms with Crippen LogP contribution in [0.1, 0.15) is 0 Å². The first-order chi connectivity index (χ1) is 20.6. The number of benzene rings is 5. The fourth-order valence-corrected chi connectivity index (χ4v) is 5.14. The molecule has 0 atom stereocenters. The summed E-state index contributed by atoms with van der Waals surface area (Å²) in [6.07, 6.45) is 2.01. The molecule has 0 saturated carbocycles. The molecule has 200 valence electrons. The molecular formula is C35H23N5O2. The minimum absolute atomic E-state index is 0.0890. The van der Waals surface area contributed by atoms with Crippen molar-refractivity contribution < 1.29 is 4.92 Å². The molecule has 0 N–H and O–H groups in total. The maximum absolute atomic E-state index is 11.6. The predicted molar refractivity (Wildman–Crippen MR) is 165 cm³/mol. The van der Waals surface area contributed by atoms with Gasteiger partial charge in [-0.05, 0) is 42.0 Å². The van der Waals surface area contributed by atoms with E-state index in [1.807, 2.05) is 115 Å². The third kappa shape index (κ3) is 4.69. The minimum atomic E-state index is -0.343. The number of hydrogen-bond donors (Lipinski definition) is 0. The predicted octanol–water partition coefficient (Wildman–Crippen LogP) is 8.39. The van der Waals surface area contributed by atoms with E-state index in [1.165, 1.54) is 6.07 Å². The first kappa shape index (κ1) is 25.0. The molecule has 0 bridgehead atoms. The average molecular weight is 546 g/mol. The van der Waals surface area contributed by atoms with Crippen molar-refractivity contribution in [2.24, 2.45) is 0 Å². The lowest BCUT2D eigenvalue weighted by molar-refractivity contribution is -0.384. The minimum Gasteiger partial charge on any atom is -0.317 e. The number of aromatic nitrogens is 4. The highest BCUT2D eigenvalue weighted by Gasteiger charge is 2.16. The smallest absolute Gasteiger partial charge is 0.277 e. The molecule has 7 aromatic rings. The van der Waals surface area contributed by atoms with Crippen molar-refractivity contribution in [3.05, 3.63) is 150 Å². The Morgan fingerprint density at radius 3 is 1.81 bits per heavy atom. The second-order valence-corrected chi connectivity index (χ2v) is 9.82. The largest absolute Gasteiger partial charge is 0.317 e. The fraction of sp³-hybridized carbons (Fsp3) is 0. The maximum atomic E-state index is 11.6. The lowest BCUT2D eigenvalue weighted by atomic mass is 10.0. The van der Waals surface area contributed by atoms with Gasteiger partial charge in [0.15, 0.2) is 17.5 Å². The molecule has 0 aliphatic rings. The molecule has 0 aliphatic heterocycles. The topological polar surface area (TPSA) is 86.7 Å². The first-order valence-electron chi connectivity index (χ1n) is 13.5. The Bertz CT molecular complexity index is 2010. The van der Waals surface area contributed by atoms with E-state index in [2.05, 4.69) is 10.6 Å². The molecule has 7 nitrogen and oxygen atoms in total. The summed E-state index contributed by atoms with van der Waals surface area (Å²) in [6, 6.07) is 42.6. The van der Waals surface area contributed by atoms with Gasteiger partial charge >= 0.3 is 0 Å². The van der Waals surface area contributed by atoms with Gasteiger partial charge in [-0.1, -0.05) is 91.0 Å². The molecule has 0 unspecified atom stereocenters. The van der Waals surface area contributed by atoms with Gasteiger partial charge in [0.25, 0.3) is 5.69 Å². The van der Waals surface area contributed by atoms with Gasteiger partial charge in [0, 0.05) is 40.0 Å². The SMILES string of the molecule is O=[N+]([O-])c1ccccc1-c1ccc2c(ccn2-c2cccc(-c3nc(-c4ccccc4)nc(-c4ccccc4)n3)c2)c1. The maximum Gasteiger partial charge on any atom is 0.277 e. The number of hydrogen-bond acceptors (Lipinski definition) is 5. The van der Waals surface area contributed by atoms with E-state index in [1.54, 1.807) is 12.1 Å². The van der Waals surface area contributed by atoms with E-state index in [0.29, 0.717) is 23.0 Å². The summed E-state index contributed by atoms with van der Waals surface area (Å²) in [5.74, 6) is 1.80. The van der Waals surface area contributed by atoms with Gasteiger partial charge in [-0.15, -0.1) is 0 Å². The van der Waals surface area contributed by atoms with Gasteiger partial charge in [-0.3, -0.25) is 10.1 Å². The Labute approximate surface area is 241 Å². The second-order valence-electron chi connectivity index (χ2n) is 9.82. The fourth-order valence-electron chi connectivity index (χ4n) is 5.14. The number of fused-ring (bicyclic) bond motifs is 1. The summed E-state index contributed by atoms with van der Waals surface area (Å²) in [7, 11) is 0. The highest BCUT2D eigenvalue weighted by molar-refractivity contribution is 5.88. The molecule has 7 rings (SSSR count). The van der Waals surface area contributed by atoms with Crippen LogP contribution < -0.4 is 0 Å². The summed E-state index contributed by atoms with van der Waals surface area (Å²) >= 11 is 0. The van der Waals surface area contributed by atoms with Gasteiger partial charge in [0.2, 0.25) is 0 Å². The van der Waals surface area contributed by atoms with Crippen LogP contribution in [0.25, 0.3) is 61.9 Å². The number of nitro groups is 1. The van der Waals surface area contributed by atoms with Crippen LogP contribution in [0.5, 0.6) is 0 Å². The van der Waals surface area contributed by atoms with E-state index in [4.69, 9.17) is 15.0 Å². The van der Waals surface area contributed by atoms with Crippen molar-refractivity contribution in [3.8, 4) is 51.0 Å². The summed E-state index contributed by atoms with van der Waals surface area (Å²) in [4.78, 5) is 25.8. The molecule has 42 heavy (non-hydrogen) atoms. The molecule has 0 spiro atoms. The van der Waals surface area contributed by atoms with E-state index in [-0.39, 0.29) is 10.6 Å². The second kappa shape index (κ2) is 10.6. The first-order valence-corrected chi connectivity index (χ1v) is 13.5. The third-order valence-corrected chi connectivity index (χ3v) is 7.18. The van der Waals surface area contributed by atoms with E-state index < -0.39 is 0 Å². The van der Waals surface area contributed by atoms with E-state index >= 15 is 0 Å². The number of para-hydroxylation sites is 1. The molecule has 0 saturated heterocycles. The number of rotatable bonds is 6. The summed E-state index contributed by atoms with van der Waals surface area (Å²) in [6.45, 7) is 0. The lowest BCUT2D eigenvalue weighted by Gasteiger charge is -2.11. The zero-order chi connectivity index (χ0) is 28.5. The Morgan fingerprint density at radius 2 is 1.14 bits per heavy atom. The Balaban J connectivity index is 1.31. The third-order valence-electron chi connectivity index (χ3n) is 7.18. The molecule has 2 aromatic heterocycles. The molecule has 0 aliphatic carbocycles. The number of nitrogens with zero attached hydrogens (tertiary/aromatic N) is 5. The van der Waals surface area contributed by atoms with Crippen LogP contribution in [0.15, 0.2) is 140 Å². The van der Waals surface area contributed by atoms with Crippen molar-refractivity contribution in [2.75, 3.05) is 0 Å². The summed E-state index contributed by atoms with van der Waals surface area (Å²) in [5.41, 5.74) is 6.11. The lowest BCUT2D eigenvalue weighted by Crippen LogP contribution is -2.00. The van der Waals surface area contributed by atoms with Crippen molar-refractivity contribution in [2.45, 2.75) is 0 Å². The zero-order valence-corrected chi connectivity index (χ0v) is 22.3. The highest BCUT2D eigenvalue weighted by Crippen LogP contribution is 2.33. The molecular weight excluding hydrogens is 522 g/mol. The summed E-state index contributed by atoms with van der Waals surface area (Å²) < 4.78 is 2.10. The van der Waals surface area contributed by atoms with Crippen LogP contribution in [0, 0.1) is 10.1 Å². The van der Waals surface area contributed by atoms with Gasteiger partial charge < -0.3 is 4.57 Å². The van der Waals surface area contributed by atoms with Gasteiger partial charge in [0.1, 0.15) is 0 Å². The van der Waals surface area contributed by atoms with Crippen LogP contribution in [-0.4, -0.2) is 24.4 Å². The van der Waals surface area contributed by atoms with Crippen LogP contribution in [-0.2, 0) is 0 Å². The molecule has 0 amide bonds. The molecule has 2 heterocycles. The van der Waals surface area contributed by atoms with Crippen LogP contribution in [0.2, 0.25) is 0 Å². The Morgan fingerprint density at radius 1 is 0.548 bits per heavy atom.